The Morgan fingerprint density at radius 2 is 1.77 bits per heavy atom. The van der Waals surface area contributed by atoms with Gasteiger partial charge >= 0.3 is 6.18 Å². The number of hydrogen-bond donors (Lipinski definition) is 2. The molecule has 1 aromatic carbocycles. The second-order valence-corrected chi connectivity index (χ2v) is 6.65. The summed E-state index contributed by atoms with van der Waals surface area (Å²) in [5.41, 5.74) is -0.618. The van der Waals surface area contributed by atoms with Crippen molar-refractivity contribution >= 4 is 0 Å². The summed E-state index contributed by atoms with van der Waals surface area (Å²) in [5, 5.41) is 3.32. The van der Waals surface area contributed by atoms with E-state index in [0.29, 0.717) is 12.7 Å². The summed E-state index contributed by atoms with van der Waals surface area (Å²) in [7, 11) is 0. The number of ether oxygens (including phenoxy) is 1. The first-order chi connectivity index (χ1) is 12.4. The smallest absolute Gasteiger partial charge is 0.374 e. The highest BCUT2D eigenvalue weighted by Gasteiger charge is 2.34. The topological polar surface area (TPSA) is 54.1 Å². The maximum Gasteiger partial charge on any atom is 0.416 e. The molecule has 1 aliphatic heterocycles. The van der Waals surface area contributed by atoms with Gasteiger partial charge in [0.05, 0.1) is 18.8 Å². The molecule has 2 aromatic rings. The molecule has 7 heteroatoms. The van der Waals surface area contributed by atoms with Crippen molar-refractivity contribution in [2.45, 2.75) is 31.0 Å². The third kappa shape index (κ3) is 4.34. The van der Waals surface area contributed by atoms with Crippen LogP contribution in [0.15, 0.2) is 47.3 Å². The largest absolute Gasteiger partial charge is 0.416 e. The number of piperidine rings is 1. The van der Waals surface area contributed by atoms with E-state index in [0.717, 1.165) is 32.0 Å². The van der Waals surface area contributed by atoms with Crippen LogP contribution in [0.1, 0.15) is 29.7 Å². The highest BCUT2D eigenvalue weighted by atomic mass is 19.4. The number of aromatic nitrogens is 1. The fourth-order valence-electron chi connectivity index (χ4n) is 3.41. The van der Waals surface area contributed by atoms with Crippen LogP contribution in [-0.2, 0) is 22.9 Å². The molecule has 140 valence electrons. The standard InChI is InChI=1S/C19H21F3N2O2/c20-19(21,22)15-10-16(24-17(25)11-15)12-26-13-18(6-8-23-9-7-18)14-4-2-1-3-5-14/h1-5,10-11,23H,6-9,12-13H2,(H,24,25). The lowest BCUT2D eigenvalue weighted by atomic mass is 9.74. The Kier molecular flexibility index (Phi) is 5.48. The SMILES string of the molecule is O=c1cc(C(F)(F)F)cc(COCC2(c3ccccc3)CCNCC2)[nH]1. The van der Waals surface area contributed by atoms with Gasteiger partial charge in [-0.05, 0) is 37.6 Å². The van der Waals surface area contributed by atoms with Crippen molar-refractivity contribution in [3.63, 3.8) is 0 Å². The van der Waals surface area contributed by atoms with Crippen LogP contribution in [0.2, 0.25) is 0 Å². The molecule has 1 saturated heterocycles. The molecular formula is C19H21F3N2O2. The molecule has 1 aromatic heterocycles. The fraction of sp³-hybridized carbons (Fsp3) is 0.421. The molecule has 26 heavy (non-hydrogen) atoms. The highest BCUT2D eigenvalue weighted by molar-refractivity contribution is 5.26. The molecule has 0 bridgehead atoms. The van der Waals surface area contributed by atoms with E-state index in [4.69, 9.17) is 4.74 Å². The van der Waals surface area contributed by atoms with Crippen LogP contribution in [0.25, 0.3) is 0 Å². The van der Waals surface area contributed by atoms with Crippen molar-refractivity contribution in [1.29, 1.82) is 0 Å². The Labute approximate surface area is 149 Å². The summed E-state index contributed by atoms with van der Waals surface area (Å²) in [6.07, 6.45) is -2.78. The van der Waals surface area contributed by atoms with Crippen molar-refractivity contribution in [3.05, 3.63) is 69.6 Å². The summed E-state index contributed by atoms with van der Waals surface area (Å²) in [5.74, 6) is 0. The van der Waals surface area contributed by atoms with Crippen molar-refractivity contribution in [3.8, 4) is 0 Å². The van der Waals surface area contributed by atoms with Gasteiger partial charge in [0.25, 0.3) is 0 Å². The van der Waals surface area contributed by atoms with Gasteiger partial charge in [-0.3, -0.25) is 4.79 Å². The summed E-state index contributed by atoms with van der Waals surface area (Å²) in [6, 6.07) is 11.5. The quantitative estimate of drug-likeness (QED) is 0.854. The van der Waals surface area contributed by atoms with Crippen molar-refractivity contribution in [2.75, 3.05) is 19.7 Å². The lowest BCUT2D eigenvalue weighted by Crippen LogP contribution is -2.43. The number of halogens is 3. The molecular weight excluding hydrogens is 345 g/mol. The van der Waals surface area contributed by atoms with Crippen LogP contribution in [0.5, 0.6) is 0 Å². The molecule has 2 N–H and O–H groups in total. The van der Waals surface area contributed by atoms with Gasteiger partial charge in [0, 0.05) is 17.2 Å². The maximum atomic E-state index is 12.8. The summed E-state index contributed by atoms with van der Waals surface area (Å²) >= 11 is 0. The van der Waals surface area contributed by atoms with Crippen LogP contribution in [0, 0.1) is 0 Å². The van der Waals surface area contributed by atoms with E-state index in [1.807, 2.05) is 18.2 Å². The Balaban J connectivity index is 1.73. The Morgan fingerprint density at radius 3 is 2.42 bits per heavy atom. The lowest BCUT2D eigenvalue weighted by Gasteiger charge is -2.38. The normalized spacial score (nSPS) is 17.2. The number of benzene rings is 1. The molecule has 1 aliphatic rings. The Morgan fingerprint density at radius 1 is 1.08 bits per heavy atom. The van der Waals surface area contributed by atoms with E-state index in [1.54, 1.807) is 0 Å². The molecule has 4 nitrogen and oxygen atoms in total. The lowest BCUT2D eigenvalue weighted by molar-refractivity contribution is -0.137. The van der Waals surface area contributed by atoms with Gasteiger partial charge in [0.15, 0.2) is 0 Å². The molecule has 0 aliphatic carbocycles. The molecule has 3 rings (SSSR count). The minimum atomic E-state index is -4.55. The monoisotopic (exact) mass is 366 g/mol. The van der Waals surface area contributed by atoms with Gasteiger partial charge in [-0.2, -0.15) is 13.2 Å². The van der Waals surface area contributed by atoms with E-state index in [2.05, 4.69) is 22.4 Å². The van der Waals surface area contributed by atoms with Crippen molar-refractivity contribution < 1.29 is 17.9 Å². The average Bonchev–Trinajstić information content (AvgIpc) is 2.62. The first-order valence-corrected chi connectivity index (χ1v) is 8.54. The molecule has 0 radical (unpaired) electrons. The first kappa shape index (κ1) is 18.7. The van der Waals surface area contributed by atoms with Gasteiger partial charge in [-0.25, -0.2) is 0 Å². The van der Waals surface area contributed by atoms with Gasteiger partial charge < -0.3 is 15.0 Å². The minimum Gasteiger partial charge on any atom is -0.374 e. The van der Waals surface area contributed by atoms with Crippen LogP contribution >= 0.6 is 0 Å². The van der Waals surface area contributed by atoms with Crippen LogP contribution in [-0.4, -0.2) is 24.7 Å². The number of hydrogen-bond acceptors (Lipinski definition) is 3. The predicted octanol–water partition coefficient (Wildman–Crippen LogP) is 3.23. The zero-order chi connectivity index (χ0) is 18.6. The summed E-state index contributed by atoms with van der Waals surface area (Å²) < 4.78 is 44.3. The zero-order valence-corrected chi connectivity index (χ0v) is 14.2. The maximum absolute atomic E-state index is 12.8. The third-order valence-electron chi connectivity index (χ3n) is 4.81. The van der Waals surface area contributed by atoms with Crippen molar-refractivity contribution in [2.24, 2.45) is 0 Å². The molecule has 0 unspecified atom stereocenters. The van der Waals surface area contributed by atoms with Gasteiger partial charge in [0.2, 0.25) is 5.56 Å². The number of alkyl halides is 3. The van der Waals surface area contributed by atoms with Gasteiger partial charge in [-0.1, -0.05) is 30.3 Å². The third-order valence-corrected chi connectivity index (χ3v) is 4.81. The number of pyridine rings is 1. The molecule has 1 fully saturated rings. The molecule has 2 heterocycles. The van der Waals surface area contributed by atoms with E-state index in [9.17, 15) is 18.0 Å². The second kappa shape index (κ2) is 7.63. The molecule has 0 amide bonds. The molecule has 0 saturated carbocycles. The van der Waals surface area contributed by atoms with Gasteiger partial charge in [-0.15, -0.1) is 0 Å². The minimum absolute atomic E-state index is 0.0683. The number of rotatable bonds is 5. The first-order valence-electron chi connectivity index (χ1n) is 8.54. The average molecular weight is 366 g/mol. The second-order valence-electron chi connectivity index (χ2n) is 6.65. The van der Waals surface area contributed by atoms with E-state index in [-0.39, 0.29) is 17.7 Å². The van der Waals surface area contributed by atoms with Crippen LogP contribution in [0.4, 0.5) is 13.2 Å². The highest BCUT2D eigenvalue weighted by Crippen LogP contribution is 2.34. The summed E-state index contributed by atoms with van der Waals surface area (Å²) in [6.45, 7) is 2.04. The van der Waals surface area contributed by atoms with E-state index in [1.165, 1.54) is 5.56 Å². The number of H-pyrrole nitrogens is 1. The predicted molar refractivity (Wildman–Crippen MR) is 91.9 cm³/mol. The van der Waals surface area contributed by atoms with Crippen LogP contribution < -0.4 is 10.9 Å². The zero-order valence-electron chi connectivity index (χ0n) is 14.2. The Bertz CT molecular complexity index is 781. The number of nitrogens with one attached hydrogen (secondary N) is 2. The number of aromatic amines is 1. The summed E-state index contributed by atoms with van der Waals surface area (Å²) in [4.78, 5) is 13.9. The van der Waals surface area contributed by atoms with E-state index >= 15 is 0 Å². The Hall–Kier alpha value is -2.12. The molecule has 0 atom stereocenters. The fourth-order valence-corrected chi connectivity index (χ4v) is 3.41. The van der Waals surface area contributed by atoms with E-state index < -0.39 is 17.3 Å². The van der Waals surface area contributed by atoms with Crippen LogP contribution in [0.3, 0.4) is 0 Å². The van der Waals surface area contributed by atoms with Gasteiger partial charge in [0.1, 0.15) is 0 Å². The van der Waals surface area contributed by atoms with Crippen molar-refractivity contribution in [1.82, 2.24) is 10.3 Å². The molecule has 0 spiro atoms.